The van der Waals surface area contributed by atoms with Crippen LogP contribution in [0, 0.1) is 0 Å². The van der Waals surface area contributed by atoms with Gasteiger partial charge in [0.25, 0.3) is 0 Å². The van der Waals surface area contributed by atoms with E-state index in [1.807, 2.05) is 11.3 Å². The molecule has 0 fully saturated rings. The van der Waals surface area contributed by atoms with Gasteiger partial charge in [-0.2, -0.15) is 0 Å². The Morgan fingerprint density at radius 3 is 2.05 bits per heavy atom. The van der Waals surface area contributed by atoms with Gasteiger partial charge in [-0.1, -0.05) is 94.8 Å². The SMILES string of the molecule is Brc1ccc(-c2ccc3sc4c(-c5ccc6c(c5)c5ccccc5n6-c5ccccc5)cccc4c3c2)cc1. The van der Waals surface area contributed by atoms with E-state index in [9.17, 15) is 0 Å². The van der Waals surface area contributed by atoms with Gasteiger partial charge in [-0.25, -0.2) is 0 Å². The number of aromatic nitrogens is 1. The van der Waals surface area contributed by atoms with Crippen molar-refractivity contribution in [3.05, 3.63) is 138 Å². The molecule has 0 aliphatic carbocycles. The monoisotopic (exact) mass is 579 g/mol. The Morgan fingerprint density at radius 2 is 1.18 bits per heavy atom. The highest BCUT2D eigenvalue weighted by Crippen LogP contribution is 2.43. The summed E-state index contributed by atoms with van der Waals surface area (Å²) in [5, 5.41) is 5.20. The molecule has 0 spiro atoms. The first-order valence-corrected chi connectivity index (χ1v) is 14.7. The Bertz CT molecular complexity index is 2170. The van der Waals surface area contributed by atoms with E-state index in [1.54, 1.807) is 0 Å². The Hall–Kier alpha value is -4.18. The van der Waals surface area contributed by atoms with Crippen molar-refractivity contribution in [1.29, 1.82) is 0 Å². The second kappa shape index (κ2) is 8.94. The molecular weight excluding hydrogens is 558 g/mol. The molecule has 0 aliphatic heterocycles. The minimum atomic E-state index is 1.10. The normalized spacial score (nSPS) is 11.7. The molecular formula is C36H22BrNS. The minimum absolute atomic E-state index is 1.10. The summed E-state index contributed by atoms with van der Waals surface area (Å²) < 4.78 is 6.13. The summed E-state index contributed by atoms with van der Waals surface area (Å²) >= 11 is 5.44. The zero-order chi connectivity index (χ0) is 25.9. The van der Waals surface area contributed by atoms with E-state index in [0.29, 0.717) is 0 Å². The van der Waals surface area contributed by atoms with Gasteiger partial charge in [0, 0.05) is 41.1 Å². The number of para-hydroxylation sites is 2. The fourth-order valence-electron chi connectivity index (χ4n) is 5.84. The molecule has 3 heteroatoms. The number of nitrogens with zero attached hydrogens (tertiary/aromatic N) is 1. The zero-order valence-corrected chi connectivity index (χ0v) is 23.3. The smallest absolute Gasteiger partial charge is 0.0541 e. The first-order valence-electron chi connectivity index (χ1n) is 13.0. The van der Waals surface area contributed by atoms with Gasteiger partial charge in [0.2, 0.25) is 0 Å². The van der Waals surface area contributed by atoms with Crippen LogP contribution in [0.3, 0.4) is 0 Å². The van der Waals surface area contributed by atoms with Crippen LogP contribution in [0.1, 0.15) is 0 Å². The van der Waals surface area contributed by atoms with Gasteiger partial charge in [0.1, 0.15) is 0 Å². The van der Waals surface area contributed by atoms with E-state index >= 15 is 0 Å². The van der Waals surface area contributed by atoms with E-state index in [2.05, 4.69) is 154 Å². The average Bonchev–Trinajstić information content (AvgIpc) is 3.53. The summed E-state index contributed by atoms with van der Waals surface area (Å²) in [7, 11) is 0. The van der Waals surface area contributed by atoms with Crippen molar-refractivity contribution in [2.45, 2.75) is 0 Å². The molecule has 2 aromatic heterocycles. The average molecular weight is 581 g/mol. The van der Waals surface area contributed by atoms with Crippen LogP contribution in [-0.4, -0.2) is 4.57 Å². The second-order valence-corrected chi connectivity index (χ2v) is 11.9. The van der Waals surface area contributed by atoms with Crippen LogP contribution in [0.2, 0.25) is 0 Å². The molecule has 0 N–H and O–H groups in total. The molecule has 0 saturated carbocycles. The molecule has 0 amide bonds. The minimum Gasteiger partial charge on any atom is -0.309 e. The molecule has 8 rings (SSSR count). The fourth-order valence-corrected chi connectivity index (χ4v) is 7.33. The lowest BCUT2D eigenvalue weighted by molar-refractivity contribution is 1.18. The number of rotatable bonds is 3. The maximum absolute atomic E-state index is 3.56. The van der Waals surface area contributed by atoms with Crippen molar-refractivity contribution in [3.8, 4) is 27.9 Å². The molecule has 8 aromatic rings. The van der Waals surface area contributed by atoms with E-state index in [-0.39, 0.29) is 0 Å². The largest absolute Gasteiger partial charge is 0.309 e. The fraction of sp³-hybridized carbons (Fsp3) is 0. The summed E-state index contributed by atoms with van der Waals surface area (Å²) in [6.45, 7) is 0. The van der Waals surface area contributed by atoms with Gasteiger partial charge in [0.05, 0.1) is 11.0 Å². The Balaban J connectivity index is 1.33. The molecule has 1 nitrogen and oxygen atoms in total. The quantitative estimate of drug-likeness (QED) is 0.196. The number of halogens is 1. The van der Waals surface area contributed by atoms with Gasteiger partial charge in [-0.05, 0) is 76.9 Å². The lowest BCUT2D eigenvalue weighted by atomic mass is 9.99. The van der Waals surface area contributed by atoms with E-state index in [0.717, 1.165) is 4.47 Å². The highest BCUT2D eigenvalue weighted by Gasteiger charge is 2.15. The molecule has 2 heterocycles. The first-order chi connectivity index (χ1) is 19.2. The van der Waals surface area contributed by atoms with E-state index < -0.39 is 0 Å². The van der Waals surface area contributed by atoms with Crippen molar-refractivity contribution in [2.24, 2.45) is 0 Å². The molecule has 6 aromatic carbocycles. The van der Waals surface area contributed by atoms with Crippen LogP contribution < -0.4 is 0 Å². The second-order valence-electron chi connectivity index (χ2n) is 9.92. The van der Waals surface area contributed by atoms with Gasteiger partial charge in [-0.3, -0.25) is 0 Å². The summed E-state index contributed by atoms with van der Waals surface area (Å²) in [6, 6.07) is 48.5. The number of benzene rings is 6. The lowest BCUT2D eigenvalue weighted by Gasteiger charge is -2.08. The molecule has 0 aliphatic rings. The third kappa shape index (κ3) is 3.65. The number of hydrogen-bond acceptors (Lipinski definition) is 1. The molecule has 0 radical (unpaired) electrons. The summed E-state index contributed by atoms with van der Waals surface area (Å²) in [6.07, 6.45) is 0. The Labute approximate surface area is 238 Å². The molecule has 39 heavy (non-hydrogen) atoms. The molecule has 0 bridgehead atoms. The van der Waals surface area contributed by atoms with Crippen LogP contribution in [0.5, 0.6) is 0 Å². The molecule has 0 atom stereocenters. The van der Waals surface area contributed by atoms with Crippen LogP contribution in [0.15, 0.2) is 138 Å². The summed E-state index contributed by atoms with van der Waals surface area (Å²) in [5.74, 6) is 0. The molecule has 0 unspecified atom stereocenters. The number of fused-ring (bicyclic) bond motifs is 6. The maximum atomic E-state index is 3.56. The number of hydrogen-bond donors (Lipinski definition) is 0. The van der Waals surface area contributed by atoms with Crippen molar-refractivity contribution in [1.82, 2.24) is 4.57 Å². The van der Waals surface area contributed by atoms with Crippen LogP contribution in [0.4, 0.5) is 0 Å². The van der Waals surface area contributed by atoms with Gasteiger partial charge < -0.3 is 4.57 Å². The standard InChI is InChI=1S/C36H22BrNS/c37-26-17-13-23(14-18-26)24-16-20-35-32(21-24)30-11-6-10-28(36(30)39-35)25-15-19-34-31(22-25)29-9-4-5-12-33(29)38(34)27-7-2-1-3-8-27/h1-22H. The van der Waals surface area contributed by atoms with Gasteiger partial charge in [0.15, 0.2) is 0 Å². The first kappa shape index (κ1) is 22.8. The predicted molar refractivity (Wildman–Crippen MR) is 172 cm³/mol. The van der Waals surface area contributed by atoms with Crippen molar-refractivity contribution < 1.29 is 0 Å². The highest BCUT2D eigenvalue weighted by molar-refractivity contribution is 9.10. The summed E-state index contributed by atoms with van der Waals surface area (Å²) in [5.41, 5.74) is 8.67. The number of thiophene rings is 1. The van der Waals surface area contributed by atoms with Crippen LogP contribution >= 0.6 is 27.3 Å². The highest BCUT2D eigenvalue weighted by atomic mass is 79.9. The van der Waals surface area contributed by atoms with Gasteiger partial charge >= 0.3 is 0 Å². The molecule has 184 valence electrons. The van der Waals surface area contributed by atoms with Crippen LogP contribution in [0.25, 0.3) is 69.9 Å². The third-order valence-electron chi connectivity index (χ3n) is 7.67. The Kier molecular flexibility index (Phi) is 5.22. The van der Waals surface area contributed by atoms with E-state index in [4.69, 9.17) is 0 Å². The van der Waals surface area contributed by atoms with Crippen molar-refractivity contribution in [3.63, 3.8) is 0 Å². The van der Waals surface area contributed by atoms with Crippen molar-refractivity contribution in [2.75, 3.05) is 0 Å². The summed E-state index contributed by atoms with van der Waals surface area (Å²) in [4.78, 5) is 0. The third-order valence-corrected chi connectivity index (χ3v) is 9.42. The molecule has 0 saturated heterocycles. The lowest BCUT2D eigenvalue weighted by Crippen LogP contribution is -1.92. The van der Waals surface area contributed by atoms with Crippen LogP contribution in [-0.2, 0) is 0 Å². The van der Waals surface area contributed by atoms with Gasteiger partial charge in [-0.15, -0.1) is 11.3 Å². The Morgan fingerprint density at radius 1 is 0.487 bits per heavy atom. The van der Waals surface area contributed by atoms with E-state index in [1.165, 1.54) is 69.9 Å². The van der Waals surface area contributed by atoms with Crippen molar-refractivity contribution >= 4 is 69.2 Å². The topological polar surface area (TPSA) is 4.93 Å². The zero-order valence-electron chi connectivity index (χ0n) is 20.9. The predicted octanol–water partition coefficient (Wildman–Crippen LogP) is 11.2. The maximum Gasteiger partial charge on any atom is 0.0541 e.